The van der Waals surface area contributed by atoms with Crippen LogP contribution in [0.1, 0.15) is 21.6 Å². The van der Waals surface area contributed by atoms with Crippen LogP contribution in [0.25, 0.3) is 10.9 Å². The summed E-state index contributed by atoms with van der Waals surface area (Å²) >= 11 is 0. The van der Waals surface area contributed by atoms with E-state index < -0.39 is 5.97 Å². The highest BCUT2D eigenvalue weighted by atomic mass is 16.5. The number of aryl methyl sites for hydroxylation is 1. The minimum absolute atomic E-state index is 0.333. The molecule has 1 heterocycles. The summed E-state index contributed by atoms with van der Waals surface area (Å²) in [4.78, 5) is 28.9. The monoisotopic (exact) mass is 378 g/mol. The number of hydrogen-bond acceptors (Lipinski definition) is 5. The molecule has 3 rings (SSSR count). The zero-order valence-electron chi connectivity index (χ0n) is 15.9. The van der Waals surface area contributed by atoms with Gasteiger partial charge in [-0.15, -0.1) is 0 Å². The normalized spacial score (nSPS) is 10.5. The molecule has 6 nitrogen and oxygen atoms in total. The molecule has 0 spiro atoms. The molecule has 144 valence electrons. The number of pyridine rings is 1. The molecule has 1 N–H and O–H groups in total. The fourth-order valence-electron chi connectivity index (χ4n) is 2.98. The first kappa shape index (κ1) is 19.4. The van der Waals surface area contributed by atoms with E-state index in [-0.39, 0.29) is 12.5 Å². The summed E-state index contributed by atoms with van der Waals surface area (Å²) < 4.78 is 10.5. The second kappa shape index (κ2) is 8.99. The third kappa shape index (κ3) is 4.65. The van der Waals surface area contributed by atoms with Crippen LogP contribution in [0, 0.1) is 6.92 Å². The number of aromatic nitrogens is 1. The molecule has 1 aromatic heterocycles. The second-order valence-corrected chi connectivity index (χ2v) is 6.32. The highest BCUT2D eigenvalue weighted by Gasteiger charge is 2.15. The van der Waals surface area contributed by atoms with E-state index in [0.29, 0.717) is 29.6 Å². The predicted molar refractivity (Wildman–Crippen MR) is 106 cm³/mol. The molecule has 6 heteroatoms. The van der Waals surface area contributed by atoms with Gasteiger partial charge < -0.3 is 14.8 Å². The van der Waals surface area contributed by atoms with Gasteiger partial charge in [0.25, 0.3) is 5.91 Å². The predicted octanol–water partition coefficient (Wildman–Crippen LogP) is 3.07. The number of amides is 1. The van der Waals surface area contributed by atoms with Gasteiger partial charge in [0.1, 0.15) is 5.75 Å². The van der Waals surface area contributed by atoms with E-state index in [4.69, 9.17) is 9.47 Å². The Bertz CT molecular complexity index is 1000. The van der Waals surface area contributed by atoms with Gasteiger partial charge >= 0.3 is 5.97 Å². The van der Waals surface area contributed by atoms with Gasteiger partial charge in [0, 0.05) is 17.6 Å². The van der Waals surface area contributed by atoms with Gasteiger partial charge in [-0.3, -0.25) is 9.78 Å². The smallest absolute Gasteiger partial charge is 0.339 e. The van der Waals surface area contributed by atoms with Gasteiger partial charge in [0.05, 0.1) is 18.2 Å². The lowest BCUT2D eigenvalue weighted by molar-refractivity contribution is -0.124. The SMILES string of the molecule is COc1ccccc1CCNC(=O)COC(=O)c1cc(C)nc2ccccc12. The number of hydrogen-bond donors (Lipinski definition) is 1. The molecule has 1 amide bonds. The van der Waals surface area contributed by atoms with Crippen LogP contribution in [0.15, 0.2) is 54.6 Å². The van der Waals surface area contributed by atoms with Gasteiger partial charge in [0.2, 0.25) is 0 Å². The number of nitrogens with one attached hydrogen (secondary N) is 1. The van der Waals surface area contributed by atoms with Crippen molar-refractivity contribution in [3.63, 3.8) is 0 Å². The minimum Gasteiger partial charge on any atom is -0.496 e. The Morgan fingerprint density at radius 1 is 1.07 bits per heavy atom. The van der Waals surface area contributed by atoms with Crippen molar-refractivity contribution >= 4 is 22.8 Å². The van der Waals surface area contributed by atoms with Crippen molar-refractivity contribution in [1.82, 2.24) is 10.3 Å². The first-order chi connectivity index (χ1) is 13.6. The lowest BCUT2D eigenvalue weighted by Gasteiger charge is -2.10. The van der Waals surface area contributed by atoms with E-state index in [1.54, 1.807) is 13.2 Å². The maximum absolute atomic E-state index is 12.4. The molecule has 0 aliphatic heterocycles. The van der Waals surface area contributed by atoms with Gasteiger partial charge in [0.15, 0.2) is 6.61 Å². The summed E-state index contributed by atoms with van der Waals surface area (Å²) in [7, 11) is 1.61. The fraction of sp³-hybridized carbons (Fsp3) is 0.227. The average molecular weight is 378 g/mol. The molecule has 0 aliphatic rings. The Kier molecular flexibility index (Phi) is 6.22. The maximum atomic E-state index is 12.4. The first-order valence-corrected chi connectivity index (χ1v) is 9.00. The topological polar surface area (TPSA) is 77.5 Å². The van der Waals surface area contributed by atoms with Crippen LogP contribution >= 0.6 is 0 Å². The third-order valence-electron chi connectivity index (χ3n) is 4.31. The molecule has 28 heavy (non-hydrogen) atoms. The van der Waals surface area contributed by atoms with Crippen LogP contribution in [0.5, 0.6) is 5.75 Å². The summed E-state index contributed by atoms with van der Waals surface area (Å²) in [6.07, 6.45) is 0.623. The molecular formula is C22H22N2O4. The van der Waals surface area contributed by atoms with E-state index in [0.717, 1.165) is 16.8 Å². The fourth-order valence-corrected chi connectivity index (χ4v) is 2.98. The number of nitrogens with zero attached hydrogens (tertiary/aromatic N) is 1. The largest absolute Gasteiger partial charge is 0.496 e. The molecule has 0 saturated heterocycles. The molecule has 0 radical (unpaired) electrons. The van der Waals surface area contributed by atoms with Crippen LogP contribution in [0.3, 0.4) is 0 Å². The van der Waals surface area contributed by atoms with Crippen molar-refractivity contribution < 1.29 is 19.1 Å². The standard InChI is InChI=1S/C22H22N2O4/c1-15-13-18(17-8-4-5-9-19(17)24-15)22(26)28-14-21(25)23-12-11-16-7-3-6-10-20(16)27-2/h3-10,13H,11-12,14H2,1-2H3,(H,23,25). The zero-order valence-corrected chi connectivity index (χ0v) is 15.9. The number of rotatable bonds is 7. The summed E-state index contributed by atoms with van der Waals surface area (Å²) in [5.41, 5.74) is 2.84. The third-order valence-corrected chi connectivity index (χ3v) is 4.31. The van der Waals surface area contributed by atoms with Gasteiger partial charge in [-0.2, -0.15) is 0 Å². The van der Waals surface area contributed by atoms with Gasteiger partial charge in [-0.05, 0) is 37.1 Å². The maximum Gasteiger partial charge on any atom is 0.339 e. The van der Waals surface area contributed by atoms with Crippen LogP contribution in [0.2, 0.25) is 0 Å². The Hall–Kier alpha value is -3.41. The Morgan fingerprint density at radius 3 is 2.64 bits per heavy atom. The Balaban J connectivity index is 1.54. The van der Waals surface area contributed by atoms with Crippen molar-refractivity contribution in [2.75, 3.05) is 20.3 Å². The number of carbonyl (C=O) groups excluding carboxylic acids is 2. The number of para-hydroxylation sites is 2. The molecule has 0 unspecified atom stereocenters. The van der Waals surface area contributed by atoms with Crippen molar-refractivity contribution in [3.05, 3.63) is 71.4 Å². The zero-order chi connectivity index (χ0) is 19.9. The highest BCUT2D eigenvalue weighted by Crippen LogP contribution is 2.19. The van der Waals surface area contributed by atoms with Crippen LogP contribution in [-0.2, 0) is 16.0 Å². The number of fused-ring (bicyclic) bond motifs is 1. The average Bonchev–Trinajstić information content (AvgIpc) is 2.71. The summed E-state index contributed by atoms with van der Waals surface area (Å²) in [6, 6.07) is 16.6. The van der Waals surface area contributed by atoms with E-state index in [1.807, 2.05) is 55.5 Å². The highest BCUT2D eigenvalue weighted by molar-refractivity contribution is 6.04. The summed E-state index contributed by atoms with van der Waals surface area (Å²) in [5.74, 6) is -0.108. The molecule has 0 fully saturated rings. The quantitative estimate of drug-likeness (QED) is 0.640. The van der Waals surface area contributed by atoms with E-state index >= 15 is 0 Å². The lowest BCUT2D eigenvalue weighted by atomic mass is 10.1. The minimum atomic E-state index is -0.540. The van der Waals surface area contributed by atoms with Crippen LogP contribution < -0.4 is 10.1 Å². The number of esters is 1. The first-order valence-electron chi connectivity index (χ1n) is 9.00. The van der Waals surface area contributed by atoms with Gasteiger partial charge in [-0.1, -0.05) is 36.4 Å². The molecule has 3 aromatic rings. The molecule has 0 aliphatic carbocycles. The van der Waals surface area contributed by atoms with Crippen molar-refractivity contribution in [2.24, 2.45) is 0 Å². The molecule has 0 bridgehead atoms. The Morgan fingerprint density at radius 2 is 1.82 bits per heavy atom. The number of ether oxygens (including phenoxy) is 2. The van der Waals surface area contributed by atoms with Crippen molar-refractivity contribution in [1.29, 1.82) is 0 Å². The Labute approximate surface area is 163 Å². The van der Waals surface area contributed by atoms with E-state index in [2.05, 4.69) is 10.3 Å². The van der Waals surface area contributed by atoms with Crippen molar-refractivity contribution in [3.8, 4) is 5.75 Å². The number of methoxy groups -OCH3 is 1. The van der Waals surface area contributed by atoms with E-state index in [9.17, 15) is 9.59 Å². The summed E-state index contributed by atoms with van der Waals surface area (Å²) in [5, 5.41) is 3.46. The molecule has 0 atom stereocenters. The van der Waals surface area contributed by atoms with E-state index in [1.165, 1.54) is 0 Å². The molecule has 0 saturated carbocycles. The lowest BCUT2D eigenvalue weighted by Crippen LogP contribution is -2.30. The van der Waals surface area contributed by atoms with Crippen molar-refractivity contribution in [2.45, 2.75) is 13.3 Å². The van der Waals surface area contributed by atoms with Gasteiger partial charge in [-0.25, -0.2) is 4.79 Å². The number of carbonyl (C=O) groups is 2. The number of benzene rings is 2. The van der Waals surface area contributed by atoms with Crippen LogP contribution in [-0.4, -0.2) is 37.1 Å². The second-order valence-electron chi connectivity index (χ2n) is 6.32. The van der Waals surface area contributed by atoms with Crippen LogP contribution in [0.4, 0.5) is 0 Å². The molecular weight excluding hydrogens is 356 g/mol. The molecule has 2 aromatic carbocycles. The summed E-state index contributed by atoms with van der Waals surface area (Å²) in [6.45, 7) is 1.91.